The molecule has 5 heteroatoms. The molecule has 0 saturated carbocycles. The van der Waals surface area contributed by atoms with Crippen molar-refractivity contribution >= 4 is 23.3 Å². The van der Waals surface area contributed by atoms with Gasteiger partial charge in [0.2, 0.25) is 0 Å². The van der Waals surface area contributed by atoms with Crippen molar-refractivity contribution in [3.8, 4) is 0 Å². The molecule has 4 nitrogen and oxygen atoms in total. The van der Waals surface area contributed by atoms with Gasteiger partial charge in [-0.3, -0.25) is 4.90 Å². The van der Waals surface area contributed by atoms with E-state index in [2.05, 4.69) is 30.7 Å². The number of rotatable bonds is 2. The first-order valence-corrected chi connectivity index (χ1v) is 6.68. The van der Waals surface area contributed by atoms with E-state index in [-0.39, 0.29) is 11.1 Å². The zero-order valence-corrected chi connectivity index (χ0v) is 12.2. The van der Waals surface area contributed by atoms with E-state index in [1.807, 2.05) is 0 Å². The van der Waals surface area contributed by atoms with Crippen molar-refractivity contribution in [3.63, 3.8) is 0 Å². The first-order valence-electron chi connectivity index (χ1n) is 6.30. The van der Waals surface area contributed by atoms with Gasteiger partial charge in [-0.05, 0) is 39.1 Å². The second-order valence-electron chi connectivity index (χ2n) is 5.62. The normalized spacial score (nSPS) is 19.5. The lowest BCUT2D eigenvalue weighted by molar-refractivity contribution is 0.0696. The lowest BCUT2D eigenvalue weighted by Crippen LogP contribution is -2.57. The van der Waals surface area contributed by atoms with Crippen molar-refractivity contribution in [2.75, 3.05) is 31.6 Å². The number of benzene rings is 1. The number of carbonyl (C=O) groups is 1. The molecule has 0 unspecified atom stereocenters. The Morgan fingerprint density at radius 2 is 2.05 bits per heavy atom. The van der Waals surface area contributed by atoms with Crippen LogP contribution in [-0.2, 0) is 0 Å². The van der Waals surface area contributed by atoms with Crippen molar-refractivity contribution in [1.82, 2.24) is 4.90 Å². The smallest absolute Gasteiger partial charge is 0.337 e. The summed E-state index contributed by atoms with van der Waals surface area (Å²) < 4.78 is 0. The van der Waals surface area contributed by atoms with E-state index in [0.717, 1.165) is 25.3 Å². The van der Waals surface area contributed by atoms with Gasteiger partial charge in [0.05, 0.1) is 11.3 Å². The summed E-state index contributed by atoms with van der Waals surface area (Å²) in [7, 11) is 2.09. The van der Waals surface area contributed by atoms with Crippen LogP contribution in [0.1, 0.15) is 24.2 Å². The van der Waals surface area contributed by atoms with Crippen LogP contribution in [0.3, 0.4) is 0 Å². The number of carboxylic acids is 1. The highest BCUT2D eigenvalue weighted by Gasteiger charge is 2.32. The first-order chi connectivity index (χ1) is 8.81. The largest absolute Gasteiger partial charge is 0.478 e. The Morgan fingerprint density at radius 1 is 1.37 bits per heavy atom. The molecule has 2 rings (SSSR count). The number of halogens is 1. The molecule has 0 radical (unpaired) electrons. The molecule has 1 aliphatic heterocycles. The number of hydrogen-bond donors (Lipinski definition) is 1. The Morgan fingerprint density at radius 3 is 2.63 bits per heavy atom. The van der Waals surface area contributed by atoms with Gasteiger partial charge in [-0.15, -0.1) is 0 Å². The quantitative estimate of drug-likeness (QED) is 0.905. The minimum Gasteiger partial charge on any atom is -0.478 e. The van der Waals surface area contributed by atoms with Crippen molar-refractivity contribution in [2.24, 2.45) is 0 Å². The van der Waals surface area contributed by atoms with E-state index in [1.54, 1.807) is 12.1 Å². The summed E-state index contributed by atoms with van der Waals surface area (Å²) in [5, 5.41) is 9.76. The van der Waals surface area contributed by atoms with Crippen LogP contribution in [0.2, 0.25) is 5.02 Å². The van der Waals surface area contributed by atoms with E-state index in [9.17, 15) is 9.90 Å². The van der Waals surface area contributed by atoms with Crippen LogP contribution in [-0.4, -0.2) is 48.2 Å². The molecular weight excluding hydrogens is 264 g/mol. The fourth-order valence-corrected chi connectivity index (χ4v) is 2.57. The van der Waals surface area contributed by atoms with Gasteiger partial charge in [0, 0.05) is 30.2 Å². The van der Waals surface area contributed by atoms with E-state index in [1.165, 1.54) is 6.07 Å². The Hall–Kier alpha value is -1.26. The molecule has 0 aliphatic carbocycles. The van der Waals surface area contributed by atoms with Crippen molar-refractivity contribution in [3.05, 3.63) is 28.8 Å². The van der Waals surface area contributed by atoms with Gasteiger partial charge in [0.15, 0.2) is 0 Å². The summed E-state index contributed by atoms with van der Waals surface area (Å²) in [4.78, 5) is 15.8. The number of hydrogen-bond acceptors (Lipinski definition) is 3. The number of piperazine rings is 1. The number of anilines is 1. The molecule has 0 spiro atoms. The van der Waals surface area contributed by atoms with Gasteiger partial charge in [0.25, 0.3) is 0 Å². The Balaban J connectivity index is 2.35. The number of likely N-dealkylation sites (N-methyl/N-ethyl adjacent to an activating group) is 1. The van der Waals surface area contributed by atoms with E-state index in [0.29, 0.717) is 5.02 Å². The molecular formula is C14H19ClN2O2. The molecule has 0 amide bonds. The minimum absolute atomic E-state index is 0.0215. The summed E-state index contributed by atoms with van der Waals surface area (Å²) in [5.74, 6) is -0.936. The van der Waals surface area contributed by atoms with Crippen LogP contribution in [0.5, 0.6) is 0 Å². The molecule has 0 atom stereocenters. The molecule has 0 aromatic heterocycles. The third-order valence-corrected chi connectivity index (χ3v) is 4.08. The molecule has 1 saturated heterocycles. The maximum absolute atomic E-state index is 11.3. The lowest BCUT2D eigenvalue weighted by atomic mass is 9.98. The average molecular weight is 283 g/mol. The van der Waals surface area contributed by atoms with Crippen LogP contribution < -0.4 is 4.90 Å². The van der Waals surface area contributed by atoms with Gasteiger partial charge < -0.3 is 10.0 Å². The summed E-state index contributed by atoms with van der Waals surface area (Å²) in [6, 6.07) is 5.06. The van der Waals surface area contributed by atoms with Crippen LogP contribution in [0.4, 0.5) is 5.69 Å². The summed E-state index contributed by atoms with van der Waals surface area (Å²) in [6.45, 7) is 6.85. The van der Waals surface area contributed by atoms with Gasteiger partial charge >= 0.3 is 5.97 Å². The summed E-state index contributed by atoms with van der Waals surface area (Å²) in [5.41, 5.74) is 1.04. The number of carboxylic acid groups (broad SMARTS) is 1. The highest BCUT2D eigenvalue weighted by atomic mass is 35.5. The van der Waals surface area contributed by atoms with Gasteiger partial charge in [-0.1, -0.05) is 11.6 Å². The second-order valence-corrected chi connectivity index (χ2v) is 6.06. The summed E-state index contributed by atoms with van der Waals surface area (Å²) >= 11 is 5.89. The van der Waals surface area contributed by atoms with Gasteiger partial charge in [0.1, 0.15) is 0 Å². The van der Waals surface area contributed by atoms with E-state index < -0.39 is 5.97 Å². The summed E-state index contributed by atoms with van der Waals surface area (Å²) in [6.07, 6.45) is 0. The molecule has 1 N–H and O–H groups in total. The SMILES string of the molecule is CN1CCN(c2ccc(Cl)cc2C(=O)O)CC1(C)C. The Labute approximate surface area is 118 Å². The fraction of sp³-hybridized carbons (Fsp3) is 0.500. The molecule has 0 bridgehead atoms. The minimum atomic E-state index is -0.936. The molecule has 19 heavy (non-hydrogen) atoms. The maximum Gasteiger partial charge on any atom is 0.337 e. The van der Waals surface area contributed by atoms with Crippen molar-refractivity contribution < 1.29 is 9.90 Å². The lowest BCUT2D eigenvalue weighted by Gasteiger charge is -2.46. The molecule has 1 aromatic carbocycles. The van der Waals surface area contributed by atoms with Crippen LogP contribution >= 0.6 is 11.6 Å². The van der Waals surface area contributed by atoms with Crippen molar-refractivity contribution in [2.45, 2.75) is 19.4 Å². The predicted octanol–water partition coefficient (Wildman–Crippen LogP) is 2.57. The Bertz CT molecular complexity index is 502. The van der Waals surface area contributed by atoms with Crippen LogP contribution in [0.15, 0.2) is 18.2 Å². The van der Waals surface area contributed by atoms with Gasteiger partial charge in [-0.25, -0.2) is 4.79 Å². The number of aromatic carboxylic acids is 1. The van der Waals surface area contributed by atoms with Crippen LogP contribution in [0.25, 0.3) is 0 Å². The zero-order valence-electron chi connectivity index (χ0n) is 11.5. The van der Waals surface area contributed by atoms with Crippen LogP contribution in [0, 0.1) is 0 Å². The zero-order chi connectivity index (χ0) is 14.2. The standard InChI is InChI=1S/C14H19ClN2O2/c1-14(2)9-17(7-6-16(14)3)12-5-4-10(15)8-11(12)13(18)19/h4-5,8H,6-7,9H2,1-3H3,(H,18,19). The average Bonchev–Trinajstić information content (AvgIpc) is 2.32. The topological polar surface area (TPSA) is 43.8 Å². The van der Waals surface area contributed by atoms with Gasteiger partial charge in [-0.2, -0.15) is 0 Å². The molecule has 1 aliphatic rings. The highest BCUT2D eigenvalue weighted by Crippen LogP contribution is 2.29. The predicted molar refractivity (Wildman–Crippen MR) is 77.3 cm³/mol. The fourth-order valence-electron chi connectivity index (χ4n) is 2.40. The molecule has 1 heterocycles. The van der Waals surface area contributed by atoms with E-state index in [4.69, 9.17) is 11.6 Å². The number of nitrogens with zero attached hydrogens (tertiary/aromatic N) is 2. The highest BCUT2D eigenvalue weighted by molar-refractivity contribution is 6.31. The molecule has 104 valence electrons. The second kappa shape index (κ2) is 5.02. The Kier molecular flexibility index (Phi) is 3.74. The third kappa shape index (κ3) is 2.85. The van der Waals surface area contributed by atoms with Crippen molar-refractivity contribution in [1.29, 1.82) is 0 Å². The molecule has 1 aromatic rings. The molecule has 1 fully saturated rings. The third-order valence-electron chi connectivity index (χ3n) is 3.85. The van der Waals surface area contributed by atoms with E-state index >= 15 is 0 Å². The maximum atomic E-state index is 11.3. The monoisotopic (exact) mass is 282 g/mol. The first kappa shape index (κ1) is 14.2.